The van der Waals surface area contributed by atoms with Crippen LogP contribution in [-0.2, 0) is 25.8 Å². The number of anilines is 1. The van der Waals surface area contributed by atoms with Gasteiger partial charge in [0.1, 0.15) is 6.04 Å². The van der Waals surface area contributed by atoms with Crippen LogP contribution in [0.3, 0.4) is 0 Å². The van der Waals surface area contributed by atoms with Gasteiger partial charge in [0, 0.05) is 12.1 Å². The van der Waals surface area contributed by atoms with E-state index in [1.807, 2.05) is 0 Å². The van der Waals surface area contributed by atoms with Gasteiger partial charge in [-0.05, 0) is 48.9 Å². The number of fused-ring (bicyclic) bond motifs is 1. The molecule has 1 saturated heterocycles. The van der Waals surface area contributed by atoms with Crippen molar-refractivity contribution in [3.8, 4) is 0 Å². The van der Waals surface area contributed by atoms with E-state index in [-0.39, 0.29) is 29.7 Å². The number of hydrogen-bond acceptors (Lipinski definition) is 6. The van der Waals surface area contributed by atoms with Crippen molar-refractivity contribution in [3.63, 3.8) is 0 Å². The molecule has 172 valence electrons. The number of carbonyl (C=O) groups excluding carboxylic acids is 4. The molecule has 1 unspecified atom stereocenters. The number of nitrogens with one attached hydrogen (secondary N) is 2. The van der Waals surface area contributed by atoms with Crippen LogP contribution < -0.4 is 10.0 Å². The van der Waals surface area contributed by atoms with Crippen LogP contribution in [-0.4, -0.2) is 43.0 Å². The Kier molecular flexibility index (Phi) is 5.23. The van der Waals surface area contributed by atoms with E-state index in [2.05, 4.69) is 10.0 Å². The maximum atomic E-state index is 12.8. The predicted octanol–water partition coefficient (Wildman–Crippen LogP) is 1.91. The molecule has 0 aliphatic carbocycles. The molecule has 13 heteroatoms. The number of nitrogens with zero attached hydrogens (tertiary/aromatic N) is 1. The van der Waals surface area contributed by atoms with Gasteiger partial charge in [-0.15, -0.1) is 0 Å². The summed E-state index contributed by atoms with van der Waals surface area (Å²) in [5, 5.41) is 2.06. The van der Waals surface area contributed by atoms with Crippen LogP contribution in [0.25, 0.3) is 0 Å². The Balaban J connectivity index is 1.58. The van der Waals surface area contributed by atoms with E-state index in [9.17, 15) is 40.8 Å². The van der Waals surface area contributed by atoms with Gasteiger partial charge in [0.05, 0.1) is 21.6 Å². The highest BCUT2D eigenvalue weighted by Crippen LogP contribution is 2.32. The predicted molar refractivity (Wildman–Crippen MR) is 105 cm³/mol. The first-order valence-corrected chi connectivity index (χ1v) is 10.9. The number of hydrogen-bond donors (Lipinski definition) is 2. The summed E-state index contributed by atoms with van der Waals surface area (Å²) in [7, 11) is -4.30. The van der Waals surface area contributed by atoms with E-state index in [1.54, 1.807) is 0 Å². The fraction of sp³-hybridized carbons (Fsp3) is 0.200. The zero-order valence-electron chi connectivity index (χ0n) is 16.5. The maximum Gasteiger partial charge on any atom is 0.416 e. The molecule has 2 aliphatic rings. The van der Waals surface area contributed by atoms with Gasteiger partial charge < -0.3 is 0 Å². The van der Waals surface area contributed by atoms with E-state index in [0.717, 1.165) is 23.1 Å². The largest absolute Gasteiger partial charge is 0.416 e. The van der Waals surface area contributed by atoms with Crippen LogP contribution in [0, 0.1) is 0 Å². The molecule has 1 fully saturated rings. The average Bonchev–Trinajstić information content (AvgIpc) is 2.97. The molecular weight excluding hydrogens is 467 g/mol. The zero-order chi connectivity index (χ0) is 24.1. The molecule has 0 bridgehead atoms. The Morgan fingerprint density at radius 1 is 0.939 bits per heavy atom. The number of imide groups is 2. The first-order valence-electron chi connectivity index (χ1n) is 9.44. The number of sulfonamides is 1. The summed E-state index contributed by atoms with van der Waals surface area (Å²) in [6, 6.07) is 5.15. The summed E-state index contributed by atoms with van der Waals surface area (Å²) in [5.74, 6) is -2.90. The molecule has 2 aliphatic heterocycles. The number of benzene rings is 2. The molecule has 2 aromatic rings. The molecular formula is C20H14F3N3O6S. The Bertz CT molecular complexity index is 1310. The van der Waals surface area contributed by atoms with E-state index < -0.39 is 56.3 Å². The van der Waals surface area contributed by atoms with E-state index in [1.165, 1.54) is 12.1 Å². The van der Waals surface area contributed by atoms with Crippen LogP contribution in [0.4, 0.5) is 18.9 Å². The summed E-state index contributed by atoms with van der Waals surface area (Å²) >= 11 is 0. The molecule has 1 atom stereocenters. The van der Waals surface area contributed by atoms with Gasteiger partial charge in [-0.3, -0.25) is 34.1 Å². The molecule has 0 saturated carbocycles. The Morgan fingerprint density at radius 3 is 2.18 bits per heavy atom. The van der Waals surface area contributed by atoms with Crippen molar-refractivity contribution in [2.45, 2.75) is 30.0 Å². The van der Waals surface area contributed by atoms with Gasteiger partial charge in [0.25, 0.3) is 21.8 Å². The van der Waals surface area contributed by atoms with Crippen molar-refractivity contribution in [1.82, 2.24) is 10.2 Å². The zero-order valence-corrected chi connectivity index (χ0v) is 17.3. The van der Waals surface area contributed by atoms with Crippen LogP contribution in [0.1, 0.15) is 39.1 Å². The minimum atomic E-state index is -4.63. The summed E-state index contributed by atoms with van der Waals surface area (Å²) in [6.45, 7) is 0. The molecule has 0 radical (unpaired) electrons. The van der Waals surface area contributed by atoms with E-state index >= 15 is 0 Å². The number of rotatable bonds is 4. The summed E-state index contributed by atoms with van der Waals surface area (Å²) in [5.41, 5.74) is -1.34. The number of amides is 4. The van der Waals surface area contributed by atoms with Crippen LogP contribution in [0.5, 0.6) is 0 Å². The van der Waals surface area contributed by atoms with Gasteiger partial charge in [-0.25, -0.2) is 8.42 Å². The topological polar surface area (TPSA) is 130 Å². The van der Waals surface area contributed by atoms with Crippen molar-refractivity contribution in [2.24, 2.45) is 0 Å². The Labute approximate surface area is 184 Å². The van der Waals surface area contributed by atoms with Crippen molar-refractivity contribution < 1.29 is 40.8 Å². The number of halogens is 3. The van der Waals surface area contributed by atoms with Gasteiger partial charge >= 0.3 is 6.18 Å². The molecule has 33 heavy (non-hydrogen) atoms. The lowest BCUT2D eigenvalue weighted by molar-refractivity contribution is -0.138. The fourth-order valence-corrected chi connectivity index (χ4v) is 4.62. The van der Waals surface area contributed by atoms with Crippen LogP contribution in [0.2, 0.25) is 0 Å². The molecule has 2 aromatic carbocycles. The number of carbonyl (C=O) groups is 4. The highest BCUT2D eigenvalue weighted by molar-refractivity contribution is 7.92. The smallest absolute Gasteiger partial charge is 0.295 e. The molecule has 2 N–H and O–H groups in total. The SMILES string of the molecule is O=C1CCC(N2C(=O)c3ccc(NS(=O)(=O)c4ccc(C(F)(F)F)cc4)cc3C2=O)C(=O)N1. The summed E-state index contributed by atoms with van der Waals surface area (Å²) in [6.07, 6.45) is -4.72. The first-order chi connectivity index (χ1) is 15.4. The van der Waals surface area contributed by atoms with Gasteiger partial charge in [-0.1, -0.05) is 0 Å². The standard InChI is InChI=1S/C20H14F3N3O6S/c21-20(22,23)10-1-4-12(5-2-10)33(31,32)25-11-3-6-13-14(9-11)19(30)26(18(13)29)15-7-8-16(27)24-17(15)28/h1-6,9,15,25H,7-8H2,(H,24,27,28). The Hall–Kier alpha value is -3.74. The van der Waals surface area contributed by atoms with Crippen molar-refractivity contribution in [2.75, 3.05) is 4.72 Å². The third-order valence-electron chi connectivity index (χ3n) is 5.18. The van der Waals surface area contributed by atoms with Gasteiger partial charge in [0.2, 0.25) is 11.8 Å². The van der Waals surface area contributed by atoms with Gasteiger partial charge in [-0.2, -0.15) is 13.2 Å². The highest BCUT2D eigenvalue weighted by atomic mass is 32.2. The lowest BCUT2D eigenvalue weighted by atomic mass is 10.0. The third-order valence-corrected chi connectivity index (χ3v) is 6.58. The number of alkyl halides is 3. The van der Waals surface area contributed by atoms with E-state index in [0.29, 0.717) is 12.1 Å². The molecule has 4 amide bonds. The number of piperidine rings is 1. The average molecular weight is 481 g/mol. The quantitative estimate of drug-likeness (QED) is 0.642. The lowest BCUT2D eigenvalue weighted by Crippen LogP contribution is -2.54. The fourth-order valence-electron chi connectivity index (χ4n) is 3.57. The molecule has 0 spiro atoms. The van der Waals surface area contributed by atoms with Crippen molar-refractivity contribution >= 4 is 39.3 Å². The van der Waals surface area contributed by atoms with E-state index in [4.69, 9.17) is 0 Å². The second-order valence-electron chi connectivity index (χ2n) is 7.34. The third kappa shape index (κ3) is 4.06. The summed E-state index contributed by atoms with van der Waals surface area (Å²) in [4.78, 5) is 49.2. The molecule has 4 rings (SSSR count). The summed E-state index contributed by atoms with van der Waals surface area (Å²) < 4.78 is 65.4. The minimum absolute atomic E-state index is 0.0382. The second kappa shape index (κ2) is 7.69. The Morgan fingerprint density at radius 2 is 1.58 bits per heavy atom. The normalized spacial score (nSPS) is 18.9. The highest BCUT2D eigenvalue weighted by Gasteiger charge is 2.44. The molecule has 0 aromatic heterocycles. The first kappa shape index (κ1) is 22.5. The van der Waals surface area contributed by atoms with Crippen molar-refractivity contribution in [3.05, 3.63) is 59.2 Å². The molecule has 9 nitrogen and oxygen atoms in total. The monoisotopic (exact) mass is 481 g/mol. The van der Waals surface area contributed by atoms with Gasteiger partial charge in [0.15, 0.2) is 0 Å². The van der Waals surface area contributed by atoms with Crippen LogP contribution >= 0.6 is 0 Å². The maximum absolute atomic E-state index is 12.8. The molecule has 2 heterocycles. The minimum Gasteiger partial charge on any atom is -0.295 e. The lowest BCUT2D eigenvalue weighted by Gasteiger charge is -2.27. The second-order valence-corrected chi connectivity index (χ2v) is 9.02. The van der Waals surface area contributed by atoms with Crippen molar-refractivity contribution in [1.29, 1.82) is 0 Å². The van der Waals surface area contributed by atoms with Crippen LogP contribution in [0.15, 0.2) is 47.4 Å².